The molecule has 0 amide bonds. The fourth-order valence-corrected chi connectivity index (χ4v) is 1.90. The first kappa shape index (κ1) is 14.1. The molecule has 0 aliphatic heterocycles. The van der Waals surface area contributed by atoms with E-state index in [1.165, 1.54) is 10.6 Å². The van der Waals surface area contributed by atoms with Crippen LogP contribution in [0.5, 0.6) is 5.75 Å². The SMILES string of the molecule is COc1ccc(-c2cc(=O)n3[nH]c(C)nc3n2)cc1.Cl. The fourth-order valence-electron chi connectivity index (χ4n) is 1.90. The molecule has 104 valence electrons. The molecule has 3 rings (SSSR count). The molecule has 3 aromatic rings. The van der Waals surface area contributed by atoms with Crippen molar-refractivity contribution in [3.05, 3.63) is 46.5 Å². The second kappa shape index (κ2) is 5.34. The van der Waals surface area contributed by atoms with Crippen molar-refractivity contribution in [3.63, 3.8) is 0 Å². The molecule has 0 aliphatic rings. The molecule has 0 atom stereocenters. The average Bonchev–Trinajstić information content (AvgIpc) is 2.80. The van der Waals surface area contributed by atoms with Gasteiger partial charge in [-0.3, -0.25) is 9.89 Å². The summed E-state index contributed by atoms with van der Waals surface area (Å²) in [5.41, 5.74) is 1.26. The van der Waals surface area contributed by atoms with Gasteiger partial charge in [-0.1, -0.05) is 0 Å². The first-order valence-electron chi connectivity index (χ1n) is 5.78. The van der Waals surface area contributed by atoms with Crippen molar-refractivity contribution in [3.8, 4) is 17.0 Å². The largest absolute Gasteiger partial charge is 0.497 e. The number of rotatable bonds is 2. The topological polar surface area (TPSA) is 72.3 Å². The lowest BCUT2D eigenvalue weighted by atomic mass is 10.1. The van der Waals surface area contributed by atoms with Gasteiger partial charge in [-0.25, -0.2) is 4.98 Å². The maximum atomic E-state index is 11.9. The highest BCUT2D eigenvalue weighted by Gasteiger charge is 2.07. The summed E-state index contributed by atoms with van der Waals surface area (Å²) >= 11 is 0. The Kier molecular flexibility index (Phi) is 3.76. The van der Waals surface area contributed by atoms with E-state index in [2.05, 4.69) is 15.1 Å². The molecule has 1 aromatic carbocycles. The Hall–Kier alpha value is -2.34. The lowest BCUT2D eigenvalue weighted by Gasteiger charge is -2.02. The Morgan fingerprint density at radius 2 is 1.90 bits per heavy atom. The molecular formula is C13H13ClN4O2. The van der Waals surface area contributed by atoms with E-state index in [1.54, 1.807) is 14.0 Å². The zero-order valence-corrected chi connectivity index (χ0v) is 11.8. The van der Waals surface area contributed by atoms with E-state index < -0.39 is 0 Å². The van der Waals surface area contributed by atoms with Crippen molar-refractivity contribution in [2.75, 3.05) is 7.11 Å². The lowest BCUT2D eigenvalue weighted by molar-refractivity contribution is 0.415. The number of fused-ring (bicyclic) bond motifs is 1. The van der Waals surface area contributed by atoms with Crippen molar-refractivity contribution < 1.29 is 4.74 Å². The van der Waals surface area contributed by atoms with Crippen molar-refractivity contribution in [2.24, 2.45) is 0 Å². The monoisotopic (exact) mass is 292 g/mol. The maximum Gasteiger partial charge on any atom is 0.274 e. The summed E-state index contributed by atoms with van der Waals surface area (Å²) in [5.74, 6) is 1.78. The number of benzene rings is 1. The molecule has 6 nitrogen and oxygen atoms in total. The summed E-state index contributed by atoms with van der Waals surface area (Å²) in [6, 6.07) is 8.85. The number of ether oxygens (including phenoxy) is 1. The van der Waals surface area contributed by atoms with Crippen molar-refractivity contribution >= 4 is 18.2 Å². The maximum absolute atomic E-state index is 11.9. The number of hydrogen-bond acceptors (Lipinski definition) is 4. The van der Waals surface area contributed by atoms with Crippen LogP contribution in [0.1, 0.15) is 5.82 Å². The minimum atomic E-state index is -0.184. The van der Waals surface area contributed by atoms with E-state index >= 15 is 0 Å². The Bertz CT molecular complexity index is 792. The molecule has 2 aromatic heterocycles. The highest BCUT2D eigenvalue weighted by atomic mass is 35.5. The number of H-pyrrole nitrogens is 1. The summed E-state index contributed by atoms with van der Waals surface area (Å²) in [5, 5.41) is 2.83. The Balaban J connectivity index is 0.00000147. The number of aryl methyl sites for hydroxylation is 1. The molecule has 1 N–H and O–H groups in total. The van der Waals surface area contributed by atoms with Crippen LogP contribution in [0.4, 0.5) is 0 Å². The molecule has 7 heteroatoms. The standard InChI is InChI=1S/C13H12N4O2.ClH/c1-8-14-13-15-11(7-12(18)17(13)16-8)9-3-5-10(19-2)6-4-9;/h3-7H,1-2H3,(H,14,15,16);1H. The third-order valence-corrected chi connectivity index (χ3v) is 2.83. The van der Waals surface area contributed by atoms with Crippen LogP contribution >= 0.6 is 12.4 Å². The zero-order chi connectivity index (χ0) is 13.4. The number of aromatic nitrogens is 4. The van der Waals surface area contributed by atoms with Gasteiger partial charge in [-0.05, 0) is 31.2 Å². The van der Waals surface area contributed by atoms with Gasteiger partial charge in [-0.2, -0.15) is 9.50 Å². The Morgan fingerprint density at radius 3 is 2.55 bits per heavy atom. The van der Waals surface area contributed by atoms with Gasteiger partial charge in [0, 0.05) is 11.6 Å². The van der Waals surface area contributed by atoms with Crippen LogP contribution in [-0.2, 0) is 0 Å². The predicted octanol–water partition coefficient (Wildman–Crippen LogP) is 1.82. The molecule has 0 unspecified atom stereocenters. The van der Waals surface area contributed by atoms with E-state index in [-0.39, 0.29) is 18.0 Å². The highest BCUT2D eigenvalue weighted by molar-refractivity contribution is 5.85. The van der Waals surface area contributed by atoms with Crippen molar-refractivity contribution in [2.45, 2.75) is 6.92 Å². The van der Waals surface area contributed by atoms with Crippen molar-refractivity contribution in [1.29, 1.82) is 0 Å². The van der Waals surface area contributed by atoms with Gasteiger partial charge >= 0.3 is 0 Å². The molecule has 0 spiro atoms. The molecule has 0 radical (unpaired) electrons. The quantitative estimate of drug-likeness (QED) is 0.782. The van der Waals surface area contributed by atoms with E-state index in [4.69, 9.17) is 4.74 Å². The van der Waals surface area contributed by atoms with Gasteiger partial charge in [0.25, 0.3) is 11.3 Å². The number of hydrogen-bond donors (Lipinski definition) is 1. The molecular weight excluding hydrogens is 280 g/mol. The van der Waals surface area contributed by atoms with E-state index in [1.807, 2.05) is 24.3 Å². The second-order valence-corrected chi connectivity index (χ2v) is 4.15. The van der Waals surface area contributed by atoms with Gasteiger partial charge in [0.15, 0.2) is 0 Å². The van der Waals surface area contributed by atoms with Gasteiger partial charge in [0.05, 0.1) is 12.8 Å². The third-order valence-electron chi connectivity index (χ3n) is 2.83. The van der Waals surface area contributed by atoms with E-state index in [9.17, 15) is 4.79 Å². The zero-order valence-electron chi connectivity index (χ0n) is 11.0. The number of nitrogens with one attached hydrogen (secondary N) is 1. The van der Waals surface area contributed by atoms with Crippen LogP contribution in [0.2, 0.25) is 0 Å². The van der Waals surface area contributed by atoms with Crippen LogP contribution in [0.15, 0.2) is 35.1 Å². The lowest BCUT2D eigenvalue weighted by Crippen LogP contribution is -2.14. The molecule has 20 heavy (non-hydrogen) atoms. The molecule has 2 heterocycles. The van der Waals surface area contributed by atoms with Gasteiger partial charge in [0.2, 0.25) is 0 Å². The minimum Gasteiger partial charge on any atom is -0.497 e. The Morgan fingerprint density at radius 1 is 1.20 bits per heavy atom. The normalized spacial score (nSPS) is 10.3. The van der Waals surface area contributed by atoms with Crippen LogP contribution in [0.25, 0.3) is 17.0 Å². The van der Waals surface area contributed by atoms with Crippen LogP contribution in [-0.4, -0.2) is 26.7 Å². The molecule has 0 fully saturated rings. The number of halogens is 1. The van der Waals surface area contributed by atoms with E-state index in [0.29, 0.717) is 17.3 Å². The summed E-state index contributed by atoms with van der Waals surface area (Å²) in [7, 11) is 1.61. The van der Waals surface area contributed by atoms with Crippen molar-refractivity contribution in [1.82, 2.24) is 19.6 Å². The number of methoxy groups -OCH3 is 1. The first-order valence-corrected chi connectivity index (χ1v) is 5.78. The van der Waals surface area contributed by atoms with Crippen LogP contribution < -0.4 is 10.3 Å². The fraction of sp³-hybridized carbons (Fsp3) is 0.154. The van der Waals surface area contributed by atoms with Crippen LogP contribution in [0, 0.1) is 6.92 Å². The van der Waals surface area contributed by atoms with E-state index in [0.717, 1.165) is 11.3 Å². The summed E-state index contributed by atoms with van der Waals surface area (Å²) in [6.07, 6.45) is 0. The smallest absolute Gasteiger partial charge is 0.274 e. The Labute approximate surface area is 120 Å². The molecule has 0 bridgehead atoms. The third kappa shape index (κ3) is 2.37. The molecule has 0 saturated heterocycles. The summed E-state index contributed by atoms with van der Waals surface area (Å²) < 4.78 is 6.42. The minimum absolute atomic E-state index is 0. The summed E-state index contributed by atoms with van der Waals surface area (Å²) in [6.45, 7) is 1.78. The van der Waals surface area contributed by atoms with Gasteiger partial charge in [-0.15, -0.1) is 12.4 Å². The number of nitrogens with zero attached hydrogens (tertiary/aromatic N) is 3. The summed E-state index contributed by atoms with van der Waals surface area (Å²) in [4.78, 5) is 20.5. The van der Waals surface area contributed by atoms with Gasteiger partial charge in [0.1, 0.15) is 11.6 Å². The highest BCUT2D eigenvalue weighted by Crippen LogP contribution is 2.19. The molecule has 0 saturated carbocycles. The first-order chi connectivity index (χ1) is 9.17. The van der Waals surface area contributed by atoms with Crippen LogP contribution in [0.3, 0.4) is 0 Å². The number of aromatic amines is 1. The predicted molar refractivity (Wildman–Crippen MR) is 77.6 cm³/mol. The van der Waals surface area contributed by atoms with Gasteiger partial charge < -0.3 is 4.74 Å². The molecule has 0 aliphatic carbocycles. The average molecular weight is 293 g/mol. The second-order valence-electron chi connectivity index (χ2n) is 4.15.